The van der Waals surface area contributed by atoms with Crippen LogP contribution in [-0.2, 0) is 6.18 Å². The molecule has 8 heteroatoms. The van der Waals surface area contributed by atoms with Gasteiger partial charge in [-0.2, -0.15) is 13.2 Å². The molecule has 3 aromatic rings. The fourth-order valence-electron chi connectivity index (χ4n) is 3.50. The van der Waals surface area contributed by atoms with Crippen molar-refractivity contribution in [3.8, 4) is 5.75 Å². The van der Waals surface area contributed by atoms with Gasteiger partial charge >= 0.3 is 6.18 Å². The molecule has 29 heavy (non-hydrogen) atoms. The summed E-state index contributed by atoms with van der Waals surface area (Å²) in [7, 11) is 1.45. The van der Waals surface area contributed by atoms with Crippen molar-refractivity contribution in [3.05, 3.63) is 48.3 Å². The lowest BCUT2D eigenvalue weighted by Gasteiger charge is -2.28. The smallest absolute Gasteiger partial charge is 0.451 e. The van der Waals surface area contributed by atoms with E-state index in [-0.39, 0.29) is 11.3 Å². The minimum Gasteiger partial charge on any atom is -0.497 e. The number of hydrogen-bond donors (Lipinski definition) is 1. The standard InChI is InChI=1S/C21H21F3N4O/c1-29-16-9-10-17-18(13-16)26-20(21(22,23)24)27-19(17)25-14-5-7-15(8-6-14)28-11-3-2-4-12-28/h5-10,13H,2-4,11-12H2,1H3,(H,25,26,27). The number of alkyl halides is 3. The van der Waals surface area contributed by atoms with Gasteiger partial charge < -0.3 is 15.0 Å². The molecule has 0 radical (unpaired) electrons. The van der Waals surface area contributed by atoms with Gasteiger partial charge in [0.2, 0.25) is 5.82 Å². The topological polar surface area (TPSA) is 50.3 Å². The second-order valence-corrected chi connectivity index (χ2v) is 7.00. The van der Waals surface area contributed by atoms with Crippen LogP contribution in [0.2, 0.25) is 0 Å². The summed E-state index contributed by atoms with van der Waals surface area (Å²) in [6, 6.07) is 12.5. The van der Waals surface area contributed by atoms with Gasteiger partial charge in [0.25, 0.3) is 0 Å². The molecule has 1 aliphatic heterocycles. The minimum absolute atomic E-state index is 0.107. The number of ether oxygens (including phenoxy) is 1. The molecule has 1 aromatic heterocycles. The monoisotopic (exact) mass is 402 g/mol. The Labute approximate surface area is 166 Å². The summed E-state index contributed by atoms with van der Waals surface area (Å²) in [6.07, 6.45) is -1.04. The van der Waals surface area contributed by atoms with Crippen LogP contribution in [0.25, 0.3) is 10.9 Å². The molecule has 0 saturated carbocycles. The van der Waals surface area contributed by atoms with Gasteiger partial charge in [-0.05, 0) is 55.7 Å². The summed E-state index contributed by atoms with van der Waals surface area (Å²) in [6.45, 7) is 2.06. The molecule has 4 rings (SSSR count). The van der Waals surface area contributed by atoms with Crippen LogP contribution in [0.15, 0.2) is 42.5 Å². The number of rotatable bonds is 4. The highest BCUT2D eigenvalue weighted by molar-refractivity contribution is 5.91. The number of aromatic nitrogens is 2. The van der Waals surface area contributed by atoms with Gasteiger partial charge in [-0.15, -0.1) is 0 Å². The van der Waals surface area contributed by atoms with E-state index < -0.39 is 12.0 Å². The maximum absolute atomic E-state index is 13.3. The zero-order valence-corrected chi connectivity index (χ0v) is 16.0. The van der Waals surface area contributed by atoms with Gasteiger partial charge in [-0.1, -0.05) is 0 Å². The number of halogens is 3. The van der Waals surface area contributed by atoms with Crippen molar-refractivity contribution in [2.24, 2.45) is 0 Å². The molecule has 0 atom stereocenters. The van der Waals surface area contributed by atoms with E-state index in [2.05, 4.69) is 20.2 Å². The number of nitrogens with one attached hydrogen (secondary N) is 1. The number of nitrogens with zero attached hydrogens (tertiary/aromatic N) is 3. The van der Waals surface area contributed by atoms with Crippen molar-refractivity contribution in [3.63, 3.8) is 0 Å². The van der Waals surface area contributed by atoms with Crippen molar-refractivity contribution in [2.45, 2.75) is 25.4 Å². The van der Waals surface area contributed by atoms with Crippen molar-refractivity contribution in [2.75, 3.05) is 30.4 Å². The van der Waals surface area contributed by atoms with E-state index in [0.717, 1.165) is 18.8 Å². The Hall–Kier alpha value is -3.03. The highest BCUT2D eigenvalue weighted by Crippen LogP contribution is 2.33. The Morgan fingerprint density at radius 3 is 2.34 bits per heavy atom. The second-order valence-electron chi connectivity index (χ2n) is 7.00. The van der Waals surface area contributed by atoms with Crippen LogP contribution in [0.3, 0.4) is 0 Å². The second kappa shape index (κ2) is 7.77. The molecular weight excluding hydrogens is 381 g/mol. The molecule has 0 amide bonds. The Kier molecular flexibility index (Phi) is 5.17. The predicted octanol–water partition coefficient (Wildman–Crippen LogP) is 5.39. The van der Waals surface area contributed by atoms with Crippen molar-refractivity contribution in [1.82, 2.24) is 9.97 Å². The van der Waals surface area contributed by atoms with E-state index >= 15 is 0 Å². The average molecular weight is 402 g/mol. The molecule has 2 heterocycles. The van der Waals surface area contributed by atoms with E-state index in [1.165, 1.54) is 32.4 Å². The molecule has 1 aliphatic rings. The van der Waals surface area contributed by atoms with Gasteiger partial charge in [0.05, 0.1) is 12.6 Å². The average Bonchev–Trinajstić information content (AvgIpc) is 2.73. The largest absolute Gasteiger partial charge is 0.497 e. The molecule has 1 fully saturated rings. The number of methoxy groups -OCH3 is 1. The molecule has 2 aromatic carbocycles. The van der Waals surface area contributed by atoms with Crippen molar-refractivity contribution in [1.29, 1.82) is 0 Å². The van der Waals surface area contributed by atoms with Crippen LogP contribution >= 0.6 is 0 Å². The van der Waals surface area contributed by atoms with Gasteiger partial charge in [-0.25, -0.2) is 9.97 Å². The fourth-order valence-corrected chi connectivity index (χ4v) is 3.50. The highest BCUT2D eigenvalue weighted by atomic mass is 19.4. The van der Waals surface area contributed by atoms with E-state index in [4.69, 9.17) is 4.74 Å². The van der Waals surface area contributed by atoms with Gasteiger partial charge in [-0.3, -0.25) is 0 Å². The van der Waals surface area contributed by atoms with Crippen LogP contribution in [0.1, 0.15) is 25.1 Å². The van der Waals surface area contributed by atoms with Crippen molar-refractivity contribution >= 4 is 28.1 Å². The molecule has 0 unspecified atom stereocenters. The van der Waals surface area contributed by atoms with E-state index in [0.29, 0.717) is 16.8 Å². The minimum atomic E-state index is -4.65. The van der Waals surface area contributed by atoms with Crippen LogP contribution in [0.5, 0.6) is 5.75 Å². The Bertz CT molecular complexity index is 999. The number of anilines is 3. The summed E-state index contributed by atoms with van der Waals surface area (Å²) in [4.78, 5) is 9.73. The SMILES string of the molecule is COc1ccc2c(Nc3ccc(N4CCCCC4)cc3)nc(C(F)(F)F)nc2c1. The van der Waals surface area contributed by atoms with Gasteiger partial charge in [0.15, 0.2) is 0 Å². The van der Waals surface area contributed by atoms with E-state index in [1.54, 1.807) is 12.1 Å². The molecule has 0 spiro atoms. The lowest BCUT2D eigenvalue weighted by Crippen LogP contribution is -2.29. The first-order valence-electron chi connectivity index (χ1n) is 9.49. The first-order valence-corrected chi connectivity index (χ1v) is 9.49. The Morgan fingerprint density at radius 1 is 0.966 bits per heavy atom. The highest BCUT2D eigenvalue weighted by Gasteiger charge is 2.35. The lowest BCUT2D eigenvalue weighted by molar-refractivity contribution is -0.144. The maximum Gasteiger partial charge on any atom is 0.451 e. The van der Waals surface area contributed by atoms with Gasteiger partial charge in [0, 0.05) is 35.9 Å². The molecular formula is C21H21F3N4O. The zero-order valence-electron chi connectivity index (χ0n) is 16.0. The summed E-state index contributed by atoms with van der Waals surface area (Å²) in [5, 5.41) is 3.50. The predicted molar refractivity (Wildman–Crippen MR) is 107 cm³/mol. The third kappa shape index (κ3) is 4.21. The van der Waals surface area contributed by atoms with Crippen LogP contribution in [0, 0.1) is 0 Å². The summed E-state index contributed by atoms with van der Waals surface area (Å²) in [5.41, 5.74) is 1.94. The third-order valence-electron chi connectivity index (χ3n) is 5.01. The molecule has 152 valence electrons. The van der Waals surface area contributed by atoms with Crippen LogP contribution < -0.4 is 15.0 Å². The first kappa shape index (κ1) is 19.3. The normalized spacial score (nSPS) is 14.8. The number of benzene rings is 2. The molecule has 5 nitrogen and oxygen atoms in total. The number of fused-ring (bicyclic) bond motifs is 1. The van der Waals surface area contributed by atoms with Gasteiger partial charge in [0.1, 0.15) is 11.6 Å². The number of hydrogen-bond acceptors (Lipinski definition) is 5. The fraction of sp³-hybridized carbons (Fsp3) is 0.333. The molecule has 1 saturated heterocycles. The Balaban J connectivity index is 1.67. The molecule has 0 aliphatic carbocycles. The van der Waals surface area contributed by atoms with Crippen molar-refractivity contribution < 1.29 is 17.9 Å². The summed E-state index contributed by atoms with van der Waals surface area (Å²) in [5.74, 6) is -0.650. The third-order valence-corrected chi connectivity index (χ3v) is 5.01. The molecule has 0 bridgehead atoms. The number of piperidine rings is 1. The van der Waals surface area contributed by atoms with Crippen LogP contribution in [-0.4, -0.2) is 30.2 Å². The van der Waals surface area contributed by atoms with Crippen LogP contribution in [0.4, 0.5) is 30.4 Å². The summed E-state index contributed by atoms with van der Waals surface area (Å²) < 4.78 is 45.0. The summed E-state index contributed by atoms with van der Waals surface area (Å²) >= 11 is 0. The lowest BCUT2D eigenvalue weighted by atomic mass is 10.1. The maximum atomic E-state index is 13.3. The first-order chi connectivity index (χ1) is 13.9. The Morgan fingerprint density at radius 2 is 1.69 bits per heavy atom. The quantitative estimate of drug-likeness (QED) is 0.634. The zero-order chi connectivity index (χ0) is 20.4. The van der Waals surface area contributed by atoms with E-state index in [1.807, 2.05) is 24.3 Å². The molecule has 1 N–H and O–H groups in total. The van der Waals surface area contributed by atoms with E-state index in [9.17, 15) is 13.2 Å².